The number of anilines is 2. The van der Waals surface area contributed by atoms with E-state index in [2.05, 4.69) is 25.6 Å². The van der Waals surface area contributed by atoms with Gasteiger partial charge in [-0.1, -0.05) is 6.42 Å². The van der Waals surface area contributed by atoms with Gasteiger partial charge >= 0.3 is 6.18 Å². The first-order chi connectivity index (χ1) is 16.7. The van der Waals surface area contributed by atoms with Gasteiger partial charge in [0.1, 0.15) is 17.1 Å². The Bertz CT molecular complexity index is 1420. The molecule has 182 valence electrons. The van der Waals surface area contributed by atoms with Crippen LogP contribution in [0.3, 0.4) is 0 Å². The maximum Gasteiger partial charge on any atom is 0.401 e. The fraction of sp³-hybridized carbons (Fsp3) is 0.435. The van der Waals surface area contributed by atoms with Gasteiger partial charge in [0.25, 0.3) is 0 Å². The zero-order valence-corrected chi connectivity index (χ0v) is 19.5. The lowest BCUT2D eigenvalue weighted by Crippen LogP contribution is -2.50. The summed E-state index contributed by atoms with van der Waals surface area (Å²) in [6.45, 7) is 4.35. The number of aryl methyl sites for hydroxylation is 2. The third kappa shape index (κ3) is 3.18. The predicted octanol–water partition coefficient (Wildman–Crippen LogP) is 4.55. The average Bonchev–Trinajstić information content (AvgIpc) is 3.47. The van der Waals surface area contributed by atoms with Crippen LogP contribution >= 0.6 is 0 Å². The SMILES string of the molecule is Cc1cnc(Nc2ccnn2C)nc1-c1cc2n(c1)C[C@@H](C)n1c-2nnc1C1(C(F)(F)F)CCC1. The highest BCUT2D eigenvalue weighted by atomic mass is 19.4. The Kier molecular flexibility index (Phi) is 4.61. The zero-order valence-electron chi connectivity index (χ0n) is 19.5. The molecule has 0 radical (unpaired) electrons. The summed E-state index contributed by atoms with van der Waals surface area (Å²) >= 11 is 0. The van der Waals surface area contributed by atoms with Gasteiger partial charge in [0.2, 0.25) is 5.95 Å². The maximum atomic E-state index is 14.1. The number of fused-ring (bicyclic) bond motifs is 3. The van der Waals surface area contributed by atoms with Gasteiger partial charge in [-0.05, 0) is 38.3 Å². The minimum atomic E-state index is -4.35. The van der Waals surface area contributed by atoms with Gasteiger partial charge < -0.3 is 14.5 Å². The van der Waals surface area contributed by atoms with Crippen molar-refractivity contribution >= 4 is 11.8 Å². The van der Waals surface area contributed by atoms with Crippen LogP contribution in [0.2, 0.25) is 0 Å². The average molecular weight is 484 g/mol. The van der Waals surface area contributed by atoms with Crippen LogP contribution in [0, 0.1) is 6.92 Å². The smallest absolute Gasteiger partial charge is 0.342 e. The Morgan fingerprint density at radius 3 is 2.66 bits per heavy atom. The summed E-state index contributed by atoms with van der Waals surface area (Å²) in [4.78, 5) is 9.08. The van der Waals surface area contributed by atoms with E-state index in [4.69, 9.17) is 4.98 Å². The fourth-order valence-corrected chi connectivity index (χ4v) is 5.12. The van der Waals surface area contributed by atoms with Gasteiger partial charge in [0, 0.05) is 37.6 Å². The van der Waals surface area contributed by atoms with Crippen LogP contribution in [0.25, 0.3) is 22.8 Å². The summed E-state index contributed by atoms with van der Waals surface area (Å²) in [5.41, 5.74) is 1.28. The van der Waals surface area contributed by atoms with Crippen molar-refractivity contribution in [3.63, 3.8) is 0 Å². The summed E-state index contributed by atoms with van der Waals surface area (Å²) < 4.78 is 47.6. The second kappa shape index (κ2) is 7.40. The molecule has 0 bridgehead atoms. The molecule has 0 amide bonds. The van der Waals surface area contributed by atoms with Crippen molar-refractivity contribution in [3.05, 3.63) is 42.1 Å². The van der Waals surface area contributed by atoms with Crippen molar-refractivity contribution in [2.45, 2.75) is 57.3 Å². The highest BCUT2D eigenvalue weighted by Gasteiger charge is 2.62. The molecule has 0 unspecified atom stereocenters. The van der Waals surface area contributed by atoms with E-state index >= 15 is 0 Å². The topological polar surface area (TPSA) is 91.3 Å². The molecule has 35 heavy (non-hydrogen) atoms. The molecule has 12 heteroatoms. The molecular formula is C23H24F3N9. The number of nitrogens with zero attached hydrogens (tertiary/aromatic N) is 8. The van der Waals surface area contributed by atoms with E-state index in [-0.39, 0.29) is 24.7 Å². The normalized spacial score (nSPS) is 18.6. The van der Waals surface area contributed by atoms with E-state index in [0.717, 1.165) is 28.3 Å². The molecule has 1 aliphatic carbocycles. The number of aromatic nitrogens is 8. The van der Waals surface area contributed by atoms with Gasteiger partial charge in [-0.25, -0.2) is 9.97 Å². The molecule has 1 fully saturated rings. The molecule has 0 saturated heterocycles. The lowest BCUT2D eigenvalue weighted by atomic mass is 9.67. The molecule has 6 rings (SSSR count). The third-order valence-electron chi connectivity index (χ3n) is 7.21. The molecular weight excluding hydrogens is 459 g/mol. The fourth-order valence-electron chi connectivity index (χ4n) is 5.12. The maximum absolute atomic E-state index is 14.1. The minimum absolute atomic E-state index is 0.0358. The van der Waals surface area contributed by atoms with E-state index in [1.807, 2.05) is 43.8 Å². The lowest BCUT2D eigenvalue weighted by molar-refractivity contribution is -0.216. The molecule has 4 aromatic rings. The Balaban J connectivity index is 1.40. The predicted molar refractivity (Wildman–Crippen MR) is 122 cm³/mol. The molecule has 1 atom stereocenters. The van der Waals surface area contributed by atoms with Crippen molar-refractivity contribution in [1.82, 2.24) is 39.1 Å². The molecule has 9 nitrogen and oxygen atoms in total. The van der Waals surface area contributed by atoms with Crippen molar-refractivity contribution in [3.8, 4) is 22.8 Å². The van der Waals surface area contributed by atoms with Crippen molar-refractivity contribution in [2.75, 3.05) is 5.32 Å². The largest absolute Gasteiger partial charge is 0.401 e. The standard InChI is InChI=1S/C23H24F3N9/c1-13-10-27-21(29-17-5-8-28-33(17)3)30-18(13)15-9-16-19-31-32-20(22(6-4-7-22)23(24,25)26)35(19)14(2)11-34(16)12-15/h5,8-10,12,14H,4,6-7,11H2,1-3H3,(H,27,29,30)/t14-/m1/s1. The quantitative estimate of drug-likeness (QED) is 0.458. The number of rotatable bonds is 4. The van der Waals surface area contributed by atoms with Crippen LogP contribution in [-0.4, -0.2) is 45.3 Å². The van der Waals surface area contributed by atoms with Gasteiger partial charge in [0.05, 0.1) is 23.6 Å². The van der Waals surface area contributed by atoms with Crippen molar-refractivity contribution < 1.29 is 13.2 Å². The van der Waals surface area contributed by atoms with E-state index in [9.17, 15) is 13.2 Å². The van der Waals surface area contributed by atoms with Crippen LogP contribution in [0.5, 0.6) is 0 Å². The van der Waals surface area contributed by atoms with Crippen LogP contribution in [-0.2, 0) is 19.0 Å². The first-order valence-corrected chi connectivity index (χ1v) is 11.5. The zero-order chi connectivity index (χ0) is 24.5. The van der Waals surface area contributed by atoms with Crippen molar-refractivity contribution in [1.29, 1.82) is 0 Å². The monoisotopic (exact) mass is 483 g/mol. The second-order valence-corrected chi connectivity index (χ2v) is 9.46. The first kappa shape index (κ1) is 21.8. The summed E-state index contributed by atoms with van der Waals surface area (Å²) in [6, 6.07) is 3.53. The molecule has 2 aliphatic rings. The molecule has 1 saturated carbocycles. The highest BCUT2D eigenvalue weighted by Crippen LogP contribution is 2.55. The lowest BCUT2D eigenvalue weighted by Gasteiger charge is -2.43. The number of hydrogen-bond donors (Lipinski definition) is 1. The van der Waals surface area contributed by atoms with Crippen LogP contribution in [0.1, 0.15) is 43.6 Å². The second-order valence-electron chi connectivity index (χ2n) is 9.46. The summed E-state index contributed by atoms with van der Waals surface area (Å²) in [5, 5.41) is 15.7. The van der Waals surface area contributed by atoms with Crippen LogP contribution < -0.4 is 5.32 Å². The number of hydrogen-bond acceptors (Lipinski definition) is 6. The number of halogens is 3. The van der Waals surface area contributed by atoms with Crippen LogP contribution in [0.15, 0.2) is 30.7 Å². The van der Waals surface area contributed by atoms with Gasteiger partial charge in [-0.2, -0.15) is 18.3 Å². The number of nitrogens with one attached hydrogen (secondary N) is 1. The minimum Gasteiger partial charge on any atom is -0.342 e. The molecule has 5 heterocycles. The Labute approximate surface area is 199 Å². The van der Waals surface area contributed by atoms with Gasteiger partial charge in [-0.3, -0.25) is 4.68 Å². The van der Waals surface area contributed by atoms with E-state index in [0.29, 0.717) is 24.7 Å². The third-order valence-corrected chi connectivity index (χ3v) is 7.21. The molecule has 0 aromatic carbocycles. The summed E-state index contributed by atoms with van der Waals surface area (Å²) in [5.74, 6) is 1.67. The van der Waals surface area contributed by atoms with Gasteiger partial charge in [0.15, 0.2) is 5.82 Å². The first-order valence-electron chi connectivity index (χ1n) is 11.5. The summed E-state index contributed by atoms with van der Waals surface area (Å²) in [6.07, 6.45) is 1.69. The van der Waals surface area contributed by atoms with E-state index in [1.165, 1.54) is 0 Å². The van der Waals surface area contributed by atoms with Crippen LogP contribution in [0.4, 0.5) is 24.9 Å². The summed E-state index contributed by atoms with van der Waals surface area (Å²) in [7, 11) is 1.82. The molecule has 1 aliphatic heterocycles. The number of alkyl halides is 3. The van der Waals surface area contributed by atoms with E-state index < -0.39 is 11.6 Å². The molecule has 4 aromatic heterocycles. The van der Waals surface area contributed by atoms with Gasteiger partial charge in [-0.15, -0.1) is 10.2 Å². The Morgan fingerprint density at radius 2 is 2.00 bits per heavy atom. The highest BCUT2D eigenvalue weighted by molar-refractivity contribution is 5.71. The Morgan fingerprint density at radius 1 is 1.20 bits per heavy atom. The molecule has 1 N–H and O–H groups in total. The molecule has 0 spiro atoms. The van der Waals surface area contributed by atoms with E-state index in [1.54, 1.807) is 21.6 Å². The Hall–Kier alpha value is -3.70. The van der Waals surface area contributed by atoms with Crippen molar-refractivity contribution in [2.24, 2.45) is 7.05 Å².